The molecule has 4 N–H and O–H groups in total. The van der Waals surface area contributed by atoms with E-state index in [1.807, 2.05) is 0 Å². The maximum atomic E-state index is 11.9. The summed E-state index contributed by atoms with van der Waals surface area (Å²) in [7, 11) is 1.48. The SMILES string of the molecule is COC1(C(CO)NC(O)C2(NC(=O)OC(C)(C)C)CC2)CO1. The highest BCUT2D eigenvalue weighted by atomic mass is 16.8. The standard InChI is InChI=1S/C14H26N2O6/c1-12(2,3)22-11(19)16-13(5-6-13)10(18)15-9(7-17)14(20-4)8-21-14/h9-10,15,17-18H,5-8H2,1-4H3,(H,16,19). The Hall–Kier alpha value is -0.930. The Balaban J connectivity index is 1.91. The van der Waals surface area contributed by atoms with Crippen molar-refractivity contribution in [2.75, 3.05) is 20.3 Å². The monoisotopic (exact) mass is 318 g/mol. The predicted molar refractivity (Wildman–Crippen MR) is 77.0 cm³/mol. The zero-order valence-corrected chi connectivity index (χ0v) is 13.5. The first-order valence-corrected chi connectivity index (χ1v) is 7.42. The van der Waals surface area contributed by atoms with Crippen LogP contribution in [-0.4, -0.2) is 65.8 Å². The predicted octanol–water partition coefficient (Wildman–Crippen LogP) is -0.314. The summed E-state index contributed by atoms with van der Waals surface area (Å²) in [5.41, 5.74) is -1.38. The first-order valence-electron chi connectivity index (χ1n) is 7.42. The van der Waals surface area contributed by atoms with Crippen molar-refractivity contribution in [2.24, 2.45) is 0 Å². The van der Waals surface area contributed by atoms with E-state index >= 15 is 0 Å². The molecule has 2 aliphatic rings. The molecular weight excluding hydrogens is 292 g/mol. The highest BCUT2D eigenvalue weighted by Crippen LogP contribution is 2.39. The molecule has 1 saturated heterocycles. The molecule has 22 heavy (non-hydrogen) atoms. The number of carbonyl (C=O) groups is 1. The van der Waals surface area contributed by atoms with Gasteiger partial charge in [-0.2, -0.15) is 0 Å². The minimum atomic E-state index is -1.03. The molecule has 3 atom stereocenters. The van der Waals surface area contributed by atoms with Gasteiger partial charge in [0.25, 0.3) is 0 Å². The van der Waals surface area contributed by atoms with Crippen molar-refractivity contribution in [3.8, 4) is 0 Å². The number of epoxide rings is 1. The van der Waals surface area contributed by atoms with Gasteiger partial charge in [-0.25, -0.2) is 4.79 Å². The van der Waals surface area contributed by atoms with Gasteiger partial charge < -0.3 is 29.7 Å². The van der Waals surface area contributed by atoms with Gasteiger partial charge in [-0.05, 0) is 33.6 Å². The summed E-state index contributed by atoms with van der Waals surface area (Å²) in [5, 5.41) is 25.4. The number of carbonyl (C=O) groups excluding carboxylic acids is 1. The second-order valence-corrected chi connectivity index (χ2v) is 6.89. The van der Waals surface area contributed by atoms with E-state index in [-0.39, 0.29) is 6.61 Å². The number of aliphatic hydroxyl groups excluding tert-OH is 2. The van der Waals surface area contributed by atoms with Crippen LogP contribution in [-0.2, 0) is 14.2 Å². The van der Waals surface area contributed by atoms with Crippen LogP contribution >= 0.6 is 0 Å². The second-order valence-electron chi connectivity index (χ2n) is 6.89. The first kappa shape index (κ1) is 17.4. The summed E-state index contributed by atoms with van der Waals surface area (Å²) in [5.74, 6) is -0.905. The Morgan fingerprint density at radius 2 is 2.00 bits per heavy atom. The van der Waals surface area contributed by atoms with Gasteiger partial charge in [0.1, 0.15) is 18.4 Å². The van der Waals surface area contributed by atoms with E-state index < -0.39 is 35.3 Å². The van der Waals surface area contributed by atoms with Crippen molar-refractivity contribution in [2.45, 2.75) is 62.8 Å². The number of amides is 1. The molecule has 0 bridgehead atoms. The lowest BCUT2D eigenvalue weighted by Crippen LogP contribution is -2.59. The van der Waals surface area contributed by atoms with Crippen LogP contribution in [0.3, 0.4) is 0 Å². The lowest BCUT2D eigenvalue weighted by atomic mass is 10.1. The van der Waals surface area contributed by atoms with Crippen LogP contribution < -0.4 is 10.6 Å². The number of hydrogen-bond donors (Lipinski definition) is 4. The molecule has 3 unspecified atom stereocenters. The highest BCUT2D eigenvalue weighted by molar-refractivity contribution is 5.69. The average Bonchev–Trinajstić information content (AvgIpc) is 3.28. The van der Waals surface area contributed by atoms with Gasteiger partial charge in [0.15, 0.2) is 0 Å². The molecule has 128 valence electrons. The average molecular weight is 318 g/mol. The largest absolute Gasteiger partial charge is 0.444 e. The lowest BCUT2D eigenvalue weighted by molar-refractivity contribution is -0.0706. The molecule has 0 radical (unpaired) electrons. The Morgan fingerprint density at radius 1 is 1.41 bits per heavy atom. The van der Waals surface area contributed by atoms with E-state index in [1.165, 1.54) is 7.11 Å². The van der Waals surface area contributed by atoms with Gasteiger partial charge in [0.05, 0.1) is 18.2 Å². The fourth-order valence-corrected chi connectivity index (χ4v) is 2.31. The fourth-order valence-electron chi connectivity index (χ4n) is 2.31. The molecule has 1 amide bonds. The fraction of sp³-hybridized carbons (Fsp3) is 0.929. The summed E-state index contributed by atoms with van der Waals surface area (Å²) < 4.78 is 15.6. The van der Waals surface area contributed by atoms with Gasteiger partial charge in [0.2, 0.25) is 5.79 Å². The van der Waals surface area contributed by atoms with Crippen LogP contribution in [0.15, 0.2) is 0 Å². The van der Waals surface area contributed by atoms with Crippen LogP contribution in [0.5, 0.6) is 0 Å². The maximum Gasteiger partial charge on any atom is 0.408 e. The summed E-state index contributed by atoms with van der Waals surface area (Å²) >= 11 is 0. The van der Waals surface area contributed by atoms with Gasteiger partial charge in [-0.3, -0.25) is 5.32 Å². The molecule has 8 heteroatoms. The molecule has 0 aromatic carbocycles. The van der Waals surface area contributed by atoms with Crippen LogP contribution in [0.2, 0.25) is 0 Å². The highest BCUT2D eigenvalue weighted by Gasteiger charge is 2.57. The number of ether oxygens (including phenoxy) is 3. The van der Waals surface area contributed by atoms with E-state index in [9.17, 15) is 15.0 Å². The molecule has 1 saturated carbocycles. The Labute approximate surface area is 130 Å². The second kappa shape index (κ2) is 5.93. The third-order valence-corrected chi connectivity index (χ3v) is 3.91. The molecule has 2 rings (SSSR count). The topological polar surface area (TPSA) is 113 Å². The van der Waals surface area contributed by atoms with Crippen LogP contribution in [0.25, 0.3) is 0 Å². The van der Waals surface area contributed by atoms with Gasteiger partial charge in [0, 0.05) is 7.11 Å². The molecule has 8 nitrogen and oxygen atoms in total. The van der Waals surface area contributed by atoms with Gasteiger partial charge >= 0.3 is 6.09 Å². The molecule has 1 aliphatic heterocycles. The Kier molecular flexibility index (Phi) is 4.70. The van der Waals surface area contributed by atoms with E-state index in [0.29, 0.717) is 19.4 Å². The first-order chi connectivity index (χ1) is 10.2. The van der Waals surface area contributed by atoms with Crippen molar-refractivity contribution >= 4 is 6.09 Å². The number of nitrogens with one attached hydrogen (secondary N) is 2. The van der Waals surface area contributed by atoms with Crippen molar-refractivity contribution in [1.82, 2.24) is 10.6 Å². The third-order valence-electron chi connectivity index (χ3n) is 3.91. The van der Waals surface area contributed by atoms with Crippen molar-refractivity contribution in [3.63, 3.8) is 0 Å². The smallest absolute Gasteiger partial charge is 0.408 e. The summed E-state index contributed by atoms with van der Waals surface area (Å²) in [6.07, 6.45) is -0.359. The Bertz CT molecular complexity index is 414. The number of rotatable bonds is 7. The van der Waals surface area contributed by atoms with E-state index in [2.05, 4.69) is 10.6 Å². The summed E-state index contributed by atoms with van der Waals surface area (Å²) in [6.45, 7) is 5.41. The number of hydrogen-bond acceptors (Lipinski definition) is 7. The normalized spacial score (nSPS) is 28.6. The molecule has 0 spiro atoms. The molecule has 0 aromatic rings. The van der Waals surface area contributed by atoms with Crippen molar-refractivity contribution in [3.05, 3.63) is 0 Å². The zero-order valence-electron chi connectivity index (χ0n) is 13.5. The van der Waals surface area contributed by atoms with Gasteiger partial charge in [-0.1, -0.05) is 0 Å². The van der Waals surface area contributed by atoms with Crippen molar-refractivity contribution < 1.29 is 29.2 Å². The van der Waals surface area contributed by atoms with Crippen LogP contribution in [0.4, 0.5) is 4.79 Å². The summed E-state index contributed by atoms with van der Waals surface area (Å²) in [4.78, 5) is 11.9. The lowest BCUT2D eigenvalue weighted by Gasteiger charge is -2.31. The summed E-state index contributed by atoms with van der Waals surface area (Å²) in [6, 6.07) is -0.578. The van der Waals surface area contributed by atoms with E-state index in [1.54, 1.807) is 20.8 Å². The number of methoxy groups -OCH3 is 1. The maximum absolute atomic E-state index is 11.9. The minimum Gasteiger partial charge on any atom is -0.444 e. The van der Waals surface area contributed by atoms with Crippen LogP contribution in [0.1, 0.15) is 33.6 Å². The quantitative estimate of drug-likeness (QED) is 0.376. The Morgan fingerprint density at radius 3 is 2.36 bits per heavy atom. The van der Waals surface area contributed by atoms with E-state index in [4.69, 9.17) is 14.2 Å². The molecule has 0 aromatic heterocycles. The third kappa shape index (κ3) is 3.88. The van der Waals surface area contributed by atoms with Crippen LogP contribution in [0, 0.1) is 0 Å². The van der Waals surface area contributed by atoms with Gasteiger partial charge in [-0.15, -0.1) is 0 Å². The molecule has 1 aliphatic carbocycles. The molecule has 1 heterocycles. The molecular formula is C14H26N2O6. The number of alkyl carbamates (subject to hydrolysis) is 1. The zero-order chi connectivity index (χ0) is 16.6. The van der Waals surface area contributed by atoms with E-state index in [0.717, 1.165) is 0 Å². The minimum absolute atomic E-state index is 0.257. The van der Waals surface area contributed by atoms with Crippen molar-refractivity contribution in [1.29, 1.82) is 0 Å². The molecule has 2 fully saturated rings. The number of aliphatic hydroxyl groups is 2.